The van der Waals surface area contributed by atoms with Gasteiger partial charge in [0.1, 0.15) is 11.9 Å². The van der Waals surface area contributed by atoms with Crippen LogP contribution in [0.25, 0.3) is 10.2 Å². The van der Waals surface area contributed by atoms with E-state index in [9.17, 15) is 31.9 Å². The van der Waals surface area contributed by atoms with Crippen molar-refractivity contribution in [3.8, 4) is 0 Å². The summed E-state index contributed by atoms with van der Waals surface area (Å²) < 4.78 is 54.8. The van der Waals surface area contributed by atoms with Gasteiger partial charge in [0.2, 0.25) is 5.91 Å². The van der Waals surface area contributed by atoms with Crippen LogP contribution < -0.4 is 16.4 Å². The van der Waals surface area contributed by atoms with Crippen LogP contribution in [-0.4, -0.2) is 58.7 Å². The highest BCUT2D eigenvalue weighted by atomic mass is 32.1. The molecule has 0 fully saturated rings. The molecule has 0 spiro atoms. The van der Waals surface area contributed by atoms with Gasteiger partial charge in [0.25, 0.3) is 0 Å². The number of anilines is 2. The molecule has 0 bridgehead atoms. The molecule has 0 radical (unpaired) electrons. The normalized spacial score (nSPS) is 13.2. The van der Waals surface area contributed by atoms with Crippen molar-refractivity contribution < 1.29 is 37.1 Å². The Morgan fingerprint density at radius 3 is 2.37 bits per heavy atom. The SMILES string of the molecule is CN(C(=O)C(c1ccc2nc(NC(=O)Nc3ccc(F)cc3)sc2c1)C(F)(F)F)[C@@H](CN)C(=O)O. The number of hydrogen-bond donors (Lipinski definition) is 4. The fourth-order valence-corrected chi connectivity index (χ4v) is 4.13. The molecule has 5 N–H and O–H groups in total. The van der Waals surface area contributed by atoms with Crippen molar-refractivity contribution >= 4 is 50.3 Å². The molecule has 3 aromatic rings. The third kappa shape index (κ3) is 6.02. The summed E-state index contributed by atoms with van der Waals surface area (Å²) in [6.07, 6.45) is -5.02. The van der Waals surface area contributed by atoms with Gasteiger partial charge in [-0.25, -0.2) is 19.0 Å². The zero-order chi connectivity index (χ0) is 25.9. The van der Waals surface area contributed by atoms with Gasteiger partial charge in [-0.05, 0) is 42.0 Å². The van der Waals surface area contributed by atoms with Gasteiger partial charge in [0.05, 0.1) is 10.2 Å². The smallest absolute Gasteiger partial charge is 0.404 e. The minimum atomic E-state index is -5.02. The summed E-state index contributed by atoms with van der Waals surface area (Å²) in [7, 11) is 0.944. The van der Waals surface area contributed by atoms with Gasteiger partial charge >= 0.3 is 18.2 Å². The molecule has 0 aliphatic rings. The van der Waals surface area contributed by atoms with Crippen LogP contribution in [-0.2, 0) is 9.59 Å². The van der Waals surface area contributed by atoms with E-state index in [2.05, 4.69) is 15.6 Å². The molecule has 1 heterocycles. The van der Waals surface area contributed by atoms with E-state index in [0.29, 0.717) is 10.6 Å². The molecule has 0 aliphatic heterocycles. The number of aliphatic carboxylic acids is 1. The van der Waals surface area contributed by atoms with E-state index >= 15 is 0 Å². The summed E-state index contributed by atoms with van der Waals surface area (Å²) in [4.78, 5) is 40.7. The third-order valence-corrected chi connectivity index (χ3v) is 5.90. The van der Waals surface area contributed by atoms with Crippen LogP contribution in [0, 0.1) is 5.82 Å². The van der Waals surface area contributed by atoms with Crippen molar-refractivity contribution in [2.24, 2.45) is 5.73 Å². The second kappa shape index (κ2) is 10.2. The lowest BCUT2D eigenvalue weighted by Gasteiger charge is -2.29. The molecule has 1 aromatic heterocycles. The van der Waals surface area contributed by atoms with Gasteiger partial charge < -0.3 is 21.1 Å². The number of rotatable bonds is 7. The van der Waals surface area contributed by atoms with Crippen molar-refractivity contribution in [1.82, 2.24) is 9.88 Å². The lowest BCUT2D eigenvalue weighted by molar-refractivity contribution is -0.175. The van der Waals surface area contributed by atoms with E-state index in [4.69, 9.17) is 10.8 Å². The predicted molar refractivity (Wildman–Crippen MR) is 121 cm³/mol. The van der Waals surface area contributed by atoms with E-state index < -0.39 is 54.0 Å². The average molecular weight is 513 g/mol. The summed E-state index contributed by atoms with van der Waals surface area (Å²) in [6, 6.07) is 6.07. The van der Waals surface area contributed by atoms with Gasteiger partial charge in [-0.15, -0.1) is 0 Å². The van der Waals surface area contributed by atoms with Crippen LogP contribution in [0.4, 0.5) is 33.2 Å². The Hall–Kier alpha value is -3.78. The average Bonchev–Trinajstić information content (AvgIpc) is 3.16. The molecule has 3 rings (SSSR count). The number of carboxylic acid groups (broad SMARTS) is 1. The number of hydrogen-bond acceptors (Lipinski definition) is 6. The number of fused-ring (bicyclic) bond motifs is 1. The summed E-state index contributed by atoms with van der Waals surface area (Å²) >= 11 is 0.867. The zero-order valence-corrected chi connectivity index (χ0v) is 18.8. The molecule has 35 heavy (non-hydrogen) atoms. The molecule has 0 saturated carbocycles. The number of urea groups is 1. The second-order valence-corrected chi connectivity index (χ2v) is 8.38. The van der Waals surface area contributed by atoms with Crippen LogP contribution in [0.15, 0.2) is 42.5 Å². The molecular formula is C21H19F4N5O4S. The number of carbonyl (C=O) groups excluding carboxylic acids is 2. The standard InChI is InChI=1S/C21H19F4N5O4S/c1-30(14(9-26)18(32)33)17(31)16(21(23,24)25)10-2-7-13-15(8-10)35-20(28-13)29-19(34)27-12-5-3-11(22)4-6-12/h2-8,14,16H,9,26H2,1H3,(H,32,33)(H2,27,28,29,34)/t14-,16?/m0/s1. The van der Waals surface area contributed by atoms with Gasteiger partial charge in [-0.2, -0.15) is 13.2 Å². The lowest BCUT2D eigenvalue weighted by Crippen LogP contribution is -2.50. The largest absolute Gasteiger partial charge is 0.480 e. The van der Waals surface area contributed by atoms with Crippen molar-refractivity contribution in [3.63, 3.8) is 0 Å². The number of nitrogens with zero attached hydrogens (tertiary/aromatic N) is 2. The Labute approximate surface area is 199 Å². The predicted octanol–water partition coefficient (Wildman–Crippen LogP) is 3.60. The molecule has 14 heteroatoms. The van der Waals surface area contributed by atoms with Gasteiger partial charge in [0.15, 0.2) is 11.0 Å². The molecule has 2 atom stereocenters. The van der Waals surface area contributed by atoms with Crippen LogP contribution in [0.1, 0.15) is 11.5 Å². The fourth-order valence-electron chi connectivity index (χ4n) is 3.22. The Kier molecular flexibility index (Phi) is 7.55. The summed E-state index contributed by atoms with van der Waals surface area (Å²) in [5.74, 6) is -6.13. The Balaban J connectivity index is 1.85. The monoisotopic (exact) mass is 513 g/mol. The van der Waals surface area contributed by atoms with E-state index in [1.165, 1.54) is 18.2 Å². The quantitative estimate of drug-likeness (QED) is 0.356. The molecule has 186 valence electrons. The first-order chi connectivity index (χ1) is 16.4. The number of benzene rings is 2. The first kappa shape index (κ1) is 25.8. The first-order valence-corrected chi connectivity index (χ1v) is 10.7. The van der Waals surface area contributed by atoms with Gasteiger partial charge in [0, 0.05) is 19.3 Å². The number of amides is 3. The number of carboxylic acids is 1. The van der Waals surface area contributed by atoms with Crippen LogP contribution in [0.5, 0.6) is 0 Å². The minimum Gasteiger partial charge on any atom is -0.480 e. The minimum absolute atomic E-state index is 0.0674. The molecule has 0 saturated heterocycles. The van der Waals surface area contributed by atoms with E-state index in [1.807, 2.05) is 0 Å². The number of aromatic nitrogens is 1. The van der Waals surface area contributed by atoms with Crippen molar-refractivity contribution in [2.45, 2.75) is 18.1 Å². The highest BCUT2D eigenvalue weighted by molar-refractivity contribution is 7.22. The van der Waals surface area contributed by atoms with Crippen LogP contribution in [0.3, 0.4) is 0 Å². The summed E-state index contributed by atoms with van der Waals surface area (Å²) in [5, 5.41) is 14.1. The Morgan fingerprint density at radius 1 is 1.14 bits per heavy atom. The molecule has 3 amide bonds. The number of thiazole rings is 1. The maximum absolute atomic E-state index is 13.9. The van der Waals surface area contributed by atoms with Crippen molar-refractivity contribution in [2.75, 3.05) is 24.2 Å². The Morgan fingerprint density at radius 2 is 1.80 bits per heavy atom. The fraction of sp³-hybridized carbons (Fsp3) is 0.238. The zero-order valence-electron chi connectivity index (χ0n) is 18.0. The van der Waals surface area contributed by atoms with E-state index in [1.54, 1.807) is 0 Å². The lowest BCUT2D eigenvalue weighted by atomic mass is 9.96. The first-order valence-electron chi connectivity index (χ1n) is 9.91. The second-order valence-electron chi connectivity index (χ2n) is 7.35. The topological polar surface area (TPSA) is 138 Å². The molecule has 0 aliphatic carbocycles. The number of halogens is 4. The van der Waals surface area contributed by atoms with Crippen LogP contribution in [0.2, 0.25) is 0 Å². The molecule has 2 aromatic carbocycles. The number of carbonyl (C=O) groups is 3. The Bertz CT molecular complexity index is 1250. The van der Waals surface area contributed by atoms with Crippen molar-refractivity contribution in [1.29, 1.82) is 0 Å². The highest BCUT2D eigenvalue weighted by Gasteiger charge is 2.48. The number of nitrogens with one attached hydrogen (secondary N) is 2. The molecule has 1 unspecified atom stereocenters. The molecule has 9 nitrogen and oxygen atoms in total. The summed E-state index contributed by atoms with van der Waals surface area (Å²) in [5.41, 5.74) is 5.46. The summed E-state index contributed by atoms with van der Waals surface area (Å²) in [6.45, 7) is -0.564. The maximum atomic E-state index is 13.9. The highest BCUT2D eigenvalue weighted by Crippen LogP contribution is 2.39. The van der Waals surface area contributed by atoms with E-state index in [0.717, 1.165) is 42.6 Å². The maximum Gasteiger partial charge on any atom is 0.404 e. The van der Waals surface area contributed by atoms with E-state index in [-0.39, 0.29) is 15.3 Å². The third-order valence-electron chi connectivity index (χ3n) is 4.97. The number of likely N-dealkylation sites (N-methyl/N-ethyl adjacent to an activating group) is 1. The molecular weight excluding hydrogens is 494 g/mol. The number of alkyl halides is 3. The van der Waals surface area contributed by atoms with Gasteiger partial charge in [-0.1, -0.05) is 17.4 Å². The van der Waals surface area contributed by atoms with Gasteiger partial charge in [-0.3, -0.25) is 10.1 Å². The van der Waals surface area contributed by atoms with Crippen molar-refractivity contribution in [3.05, 3.63) is 53.8 Å². The number of nitrogens with two attached hydrogens (primary N) is 1. The van der Waals surface area contributed by atoms with Crippen LogP contribution >= 0.6 is 11.3 Å².